The fourth-order valence-corrected chi connectivity index (χ4v) is 11.2. The van der Waals surface area contributed by atoms with E-state index in [1.807, 2.05) is 60.7 Å². The van der Waals surface area contributed by atoms with Crippen LogP contribution < -0.4 is 47.3 Å². The van der Waals surface area contributed by atoms with Crippen molar-refractivity contribution in [1.82, 2.24) is 5.32 Å². The highest BCUT2D eigenvalue weighted by Gasteiger charge is 2.51. The molecule has 4 saturated carbocycles. The summed E-state index contributed by atoms with van der Waals surface area (Å²) in [6.45, 7) is 0. The molecule has 8 amide bonds. The third kappa shape index (κ3) is 17.3. The Kier molecular flexibility index (Phi) is 20.3. The number of anilines is 7. The number of ether oxygens (including phenoxy) is 1. The van der Waals surface area contributed by atoms with Gasteiger partial charge in [-0.3, -0.25) is 0 Å². The van der Waals surface area contributed by atoms with Crippen LogP contribution in [0.3, 0.4) is 0 Å². The van der Waals surface area contributed by atoms with Crippen LogP contribution >= 0.6 is 0 Å². The van der Waals surface area contributed by atoms with Gasteiger partial charge in [-0.2, -0.15) is 0 Å². The zero-order valence-corrected chi connectivity index (χ0v) is 47.6. The van der Waals surface area contributed by atoms with Crippen LogP contribution in [0.15, 0.2) is 176 Å². The minimum absolute atomic E-state index is 0.0000262. The molecule has 17 nitrogen and oxygen atoms in total. The maximum atomic E-state index is 13.3. The Labute approximate surface area is 513 Å². The van der Waals surface area contributed by atoms with Crippen molar-refractivity contribution in [3.63, 3.8) is 0 Å². The molecule has 9 aromatic rings. The van der Waals surface area contributed by atoms with Gasteiger partial charge in [0.05, 0.1) is 5.69 Å². The molecule has 9 aromatic carbocycles. The third-order valence-electron chi connectivity index (χ3n) is 14.7. The molecule has 0 saturated heterocycles. The Morgan fingerprint density at radius 2 is 0.670 bits per heavy atom. The summed E-state index contributed by atoms with van der Waals surface area (Å²) in [4.78, 5) is 47.7. The molecule has 25 heteroatoms. The first-order valence-corrected chi connectivity index (χ1v) is 27.9. The fraction of sp³-hybridized carbons (Fsp3) is 0.152. The summed E-state index contributed by atoms with van der Waals surface area (Å²) in [5, 5.41) is 57.9. The van der Waals surface area contributed by atoms with E-state index in [-0.39, 0.29) is 28.3 Å². The van der Waals surface area contributed by atoms with Crippen LogP contribution in [0.4, 0.5) is 94.1 Å². The predicted octanol–water partition coefficient (Wildman–Crippen LogP) is 16.6. The van der Waals surface area contributed by atoms with E-state index in [4.69, 9.17) is 25.2 Å². The van der Waals surface area contributed by atoms with Gasteiger partial charge in [-0.15, -0.1) is 0 Å². The predicted molar refractivity (Wildman–Crippen MR) is 326 cm³/mol. The number of aromatic hydroxyl groups is 4. The lowest BCUT2D eigenvalue weighted by atomic mass is 9.53. The normalized spacial score (nSPS) is 16.4. The largest absolute Gasteiger partial charge is 0.503 e. The quantitative estimate of drug-likeness (QED) is 0.0459. The Bertz CT molecular complexity index is 3990. The number of nitrogens with one attached hydrogen (secondary N) is 8. The number of hydrogen-bond donors (Lipinski definition) is 12. The second kappa shape index (κ2) is 28.7. The van der Waals surface area contributed by atoms with Crippen LogP contribution in [0.1, 0.15) is 38.5 Å². The summed E-state index contributed by atoms with van der Waals surface area (Å²) < 4.78 is 111. The van der Waals surface area contributed by atoms with E-state index in [9.17, 15) is 54.3 Å². The Morgan fingerprint density at radius 1 is 0.352 bits per heavy atom. The van der Waals surface area contributed by atoms with Crippen LogP contribution in [0.2, 0.25) is 0 Å². The molecule has 12 N–H and O–H groups in total. The van der Waals surface area contributed by atoms with Gasteiger partial charge in [0.2, 0.25) is 0 Å². The third-order valence-corrected chi connectivity index (χ3v) is 14.7. The zero-order chi connectivity index (χ0) is 64.9. The van der Waals surface area contributed by atoms with Gasteiger partial charge in [-0.05, 0) is 116 Å². The van der Waals surface area contributed by atoms with E-state index in [2.05, 4.69) is 42.5 Å². The Hall–Kier alpha value is -11.2. The van der Waals surface area contributed by atoms with Crippen molar-refractivity contribution in [3.8, 4) is 34.5 Å². The van der Waals surface area contributed by atoms with E-state index in [0.717, 1.165) is 78.6 Å². The van der Waals surface area contributed by atoms with E-state index in [1.54, 1.807) is 66.7 Å². The van der Waals surface area contributed by atoms with Crippen LogP contribution in [0.5, 0.6) is 34.5 Å². The molecule has 0 unspecified atom stereocenters. The summed E-state index contributed by atoms with van der Waals surface area (Å²) in [5.41, 5.74) is 1.09. The van der Waals surface area contributed by atoms with Gasteiger partial charge in [-0.25, -0.2) is 54.3 Å². The smallest absolute Gasteiger partial charge is 0.323 e. The van der Waals surface area contributed by atoms with Crippen LogP contribution in [0, 0.1) is 64.3 Å². The zero-order valence-electron chi connectivity index (χ0n) is 47.6. The number of phenolic OH excluding ortho intramolecular Hbond substituents is 4. The van der Waals surface area contributed by atoms with E-state index >= 15 is 0 Å². The van der Waals surface area contributed by atoms with Crippen LogP contribution in [0.25, 0.3) is 10.8 Å². The van der Waals surface area contributed by atoms with E-state index < -0.39 is 93.7 Å². The van der Waals surface area contributed by atoms with Crippen molar-refractivity contribution in [1.29, 1.82) is 0 Å². The average molecular weight is 1260 g/mol. The molecule has 4 aliphatic rings. The molecule has 4 aliphatic carbocycles. The van der Waals surface area contributed by atoms with Gasteiger partial charge in [0.1, 0.15) is 11.5 Å². The van der Waals surface area contributed by atoms with Gasteiger partial charge in [0.25, 0.3) is 0 Å². The van der Waals surface area contributed by atoms with E-state index in [1.165, 1.54) is 19.3 Å². The second-order valence-electron chi connectivity index (χ2n) is 21.5. The van der Waals surface area contributed by atoms with Crippen molar-refractivity contribution in [3.05, 3.63) is 222 Å². The molecule has 0 aliphatic heterocycles. The molecule has 0 aromatic heterocycles. The second-order valence-corrected chi connectivity index (χ2v) is 21.5. The number of urea groups is 4. The summed E-state index contributed by atoms with van der Waals surface area (Å²) in [5.74, 6) is -10.00. The maximum absolute atomic E-state index is 13.3. The molecule has 0 heterocycles. The lowest BCUT2D eigenvalue weighted by molar-refractivity contribution is -0.0127. The van der Waals surface area contributed by atoms with Gasteiger partial charge in [0.15, 0.2) is 69.5 Å². The SMILES string of the molecule is O=C(Nc1cc(F)c(O)c(F)c1)NC12CC3CC(CC(C3)C1)C2.O=C(Nc1cc(F)c(O)c(F)c1)Nc1cccc2ccccc12.O=C(Nc1ccc(Oc2ccccc2)cc1)Nc1cc(F)c(O)c(F)c1.O=C(Nc1ccccc1)Nc1cc(F)c(O)c(F)c1. The number of para-hydroxylation sites is 2. The molecule has 91 heavy (non-hydrogen) atoms. The lowest BCUT2D eigenvalue weighted by Gasteiger charge is -2.56. The molecule has 0 atom stereocenters. The van der Waals surface area contributed by atoms with Crippen molar-refractivity contribution in [2.45, 2.75) is 44.1 Å². The fourth-order valence-electron chi connectivity index (χ4n) is 11.2. The Balaban J connectivity index is 0.000000144. The topological polar surface area (TPSA) is 255 Å². The number of halogens is 8. The summed E-state index contributed by atoms with van der Waals surface area (Å²) in [6, 6.07) is 41.6. The molecular weight excluding hydrogens is 1200 g/mol. The van der Waals surface area contributed by atoms with Crippen LogP contribution in [-0.2, 0) is 0 Å². The summed E-state index contributed by atoms with van der Waals surface area (Å²) in [6.07, 6.45) is 6.84. The number of amides is 8. The standard InChI is InChI=1S/C19H14F2N2O3.C17H20F2N2O2.C17H12F2N2O2.C13H10F2N2O2/c20-16-10-13(11-17(21)18(16)24)23-19(25)22-12-6-8-15(9-7-12)26-14-4-2-1-3-5-14;18-13-4-12(5-14(19)15(13)22)20-16(23)21-17-6-9-1-10(7-17)3-11(2-9)8-17;18-13-8-11(9-14(19)16(13)22)20-17(23)21-15-7-3-5-10-4-1-2-6-12(10)15;14-10-6-9(7-11(15)12(10)18)17-13(19)16-8-4-2-1-3-5-8/h1-11,24H,(H2,22,23,25);4-5,9-11,22H,1-3,6-8H2,(H2,20,21,23);1-9,22H,(H2,20,21,23);1-7,18H,(H2,16,17,19). The highest BCUT2D eigenvalue weighted by atomic mass is 19.2. The number of hydrogen-bond acceptors (Lipinski definition) is 9. The first-order chi connectivity index (χ1) is 43.5. The van der Waals surface area contributed by atoms with Gasteiger partial charge in [0, 0.05) is 93.6 Å². The molecule has 0 spiro atoms. The number of rotatable bonds is 10. The van der Waals surface area contributed by atoms with Crippen molar-refractivity contribution < 1.29 is 79.5 Å². The van der Waals surface area contributed by atoms with Crippen molar-refractivity contribution in [2.75, 3.05) is 37.2 Å². The Morgan fingerprint density at radius 3 is 1.09 bits per heavy atom. The maximum Gasteiger partial charge on any atom is 0.323 e. The first-order valence-electron chi connectivity index (χ1n) is 27.9. The van der Waals surface area contributed by atoms with Gasteiger partial charge in [-0.1, -0.05) is 72.8 Å². The lowest BCUT2D eigenvalue weighted by Crippen LogP contribution is -2.60. The number of carbonyl (C=O) groups excluding carboxylic acids is 4. The molecular formula is C66H56F8N8O9. The summed E-state index contributed by atoms with van der Waals surface area (Å²) >= 11 is 0. The minimum Gasteiger partial charge on any atom is -0.503 e. The van der Waals surface area contributed by atoms with Gasteiger partial charge >= 0.3 is 24.1 Å². The van der Waals surface area contributed by atoms with Crippen molar-refractivity contribution >= 4 is 74.7 Å². The van der Waals surface area contributed by atoms with E-state index in [0.29, 0.717) is 46.3 Å². The monoisotopic (exact) mass is 1260 g/mol. The molecule has 0 radical (unpaired) electrons. The number of carbonyl (C=O) groups is 4. The highest BCUT2D eigenvalue weighted by Crippen LogP contribution is 2.55. The number of fused-ring (bicyclic) bond motifs is 1. The van der Waals surface area contributed by atoms with Crippen LogP contribution in [-0.4, -0.2) is 50.1 Å². The molecule has 4 fully saturated rings. The molecule has 470 valence electrons. The molecule has 4 bridgehead atoms. The number of benzene rings is 9. The number of phenols is 4. The first kappa shape index (κ1) is 64.2. The minimum atomic E-state index is -1.16. The molecule has 13 rings (SSSR count). The summed E-state index contributed by atoms with van der Waals surface area (Å²) in [7, 11) is 0. The average Bonchev–Trinajstić information content (AvgIpc) is 0.858. The van der Waals surface area contributed by atoms with Crippen molar-refractivity contribution in [2.24, 2.45) is 17.8 Å². The van der Waals surface area contributed by atoms with Gasteiger partial charge < -0.3 is 67.7 Å². The highest BCUT2D eigenvalue weighted by molar-refractivity contribution is 6.06.